The number of ketones is 1. The van der Waals surface area contributed by atoms with Crippen LogP contribution in [0.1, 0.15) is 129 Å². The molecule has 27 nitrogen and oxygen atoms in total. The molecule has 12 aromatic rings. The molecule has 0 saturated heterocycles. The Balaban J connectivity index is 0.000000129. The van der Waals surface area contributed by atoms with Crippen molar-refractivity contribution in [3.8, 4) is 31.7 Å². The van der Waals surface area contributed by atoms with Crippen LogP contribution in [0, 0.1) is 31.3 Å². The molecule has 5 fully saturated rings. The number of nitrogens with one attached hydrogen (secondary N) is 6. The number of carbonyl (C=O) groups is 1. The molecule has 0 unspecified atom stereocenters. The van der Waals surface area contributed by atoms with Crippen molar-refractivity contribution >= 4 is 171 Å². The van der Waals surface area contributed by atoms with E-state index >= 15 is 0 Å². The number of hydrogen-bond acceptors (Lipinski definition) is 32. The molecule has 9 aromatic heterocycles. The maximum absolute atomic E-state index is 12.3. The number of halogens is 1. The van der Waals surface area contributed by atoms with Gasteiger partial charge >= 0.3 is 0 Å². The Bertz CT molecular complexity index is 5440. The maximum atomic E-state index is 12.3. The number of Topliss-reactive ketones (excluding diaryl/α,β-unsaturated/α-hetero) is 1. The van der Waals surface area contributed by atoms with E-state index in [2.05, 4.69) is 114 Å². The molecule has 596 valence electrons. The molecule has 113 heavy (non-hydrogen) atoms. The summed E-state index contributed by atoms with van der Waals surface area (Å²) in [5.74, 6) is 3.69. The highest BCUT2D eigenvalue weighted by Crippen LogP contribution is 2.42. The molecule has 0 spiro atoms. The number of nitrogens with zero attached hydrogens (tertiary/aromatic N) is 11. The van der Waals surface area contributed by atoms with E-state index in [1.54, 1.807) is 59.2 Å². The standard InChI is InChI=1S/C22H23N5OS2.C22H21N5OS2.C18H20N4O3S2.C11H16IN3O3S.C5H11NO/c2*1-13-19(21-26-16-7-2-3-10-18(16)30-21)20(25-15-8-4-9-17(15)28)27-22(24-13)23-12-14-6-5-11-29-14;1-10-15(17-21-12-6-3-4-9-14(12)26-17)16(20-11-7-5-8-13(11)23)22-18(19-10)27(2,24)25;1-6-9(12)10(14-7-4-3-5-8(7)16)15-11(13-6)19(2,17)18;6-4-2-1-3-5(4)7/h2-3,5-7,10-11,15,17,28H,4,8-9,12H2,1H3,(H2,23,24,25,27);2-3,5-7,10-11,15H,4,8-9,12H2,1H3,(H2,23,24,25,27);3-4,6,9,11,13,23H,5,7-8H2,1-2H3,(H,19,20,22);7-8,16H,3-5H2,1-2H3,(H,13,14,15);4-5,7H,1-3,6H2/t15-,17-;15-;11-,13-;7-,8-;4-,5-/m11111/s1. The van der Waals surface area contributed by atoms with Crippen molar-refractivity contribution in [1.29, 1.82) is 0 Å². The van der Waals surface area contributed by atoms with Crippen LogP contribution in [0.2, 0.25) is 0 Å². The van der Waals surface area contributed by atoms with Crippen molar-refractivity contribution in [2.75, 3.05) is 44.4 Å². The smallest absolute Gasteiger partial charge is 0.249 e. The maximum Gasteiger partial charge on any atom is 0.249 e. The number of hydrogen-bond donors (Lipinski definition) is 11. The van der Waals surface area contributed by atoms with E-state index in [1.807, 2.05) is 86.6 Å². The monoisotopic (exact) mass is 1770 g/mol. The van der Waals surface area contributed by atoms with Gasteiger partial charge in [0.2, 0.25) is 41.9 Å². The molecule has 17 rings (SSSR count). The van der Waals surface area contributed by atoms with E-state index in [1.165, 1.54) is 21.1 Å². The highest BCUT2D eigenvalue weighted by atomic mass is 127. The van der Waals surface area contributed by atoms with Crippen LogP contribution >= 0.6 is 79.3 Å². The number of aliphatic hydroxyl groups excluding tert-OH is 4. The van der Waals surface area contributed by atoms with Crippen molar-refractivity contribution in [1.82, 2.24) is 54.8 Å². The van der Waals surface area contributed by atoms with E-state index in [0.29, 0.717) is 65.8 Å². The fourth-order valence-corrected chi connectivity index (χ4v) is 19.9. The van der Waals surface area contributed by atoms with Crippen molar-refractivity contribution in [2.24, 2.45) is 5.73 Å². The van der Waals surface area contributed by atoms with Gasteiger partial charge in [0.05, 0.1) is 135 Å². The molecule has 0 bridgehead atoms. The zero-order valence-corrected chi connectivity index (χ0v) is 71.0. The van der Waals surface area contributed by atoms with Crippen molar-refractivity contribution in [3.63, 3.8) is 0 Å². The molecule has 0 radical (unpaired) electrons. The summed E-state index contributed by atoms with van der Waals surface area (Å²) in [5.41, 5.74) is 13.6. The third-order valence-electron chi connectivity index (χ3n) is 20.0. The van der Waals surface area contributed by atoms with Crippen LogP contribution in [-0.2, 0) is 37.6 Å². The molecule has 3 aromatic carbocycles. The number of thiophene rings is 2. The molecule has 9 heterocycles. The third-order valence-corrected chi connectivity index (χ3v) is 27.9. The lowest BCUT2D eigenvalue weighted by atomic mass is 10.1. The number of thiazole rings is 3. The van der Waals surface area contributed by atoms with Gasteiger partial charge in [0.15, 0.2) is 5.78 Å². The minimum absolute atomic E-state index is 0.00225. The quantitative estimate of drug-likeness (QED) is 0.0264. The highest BCUT2D eigenvalue weighted by molar-refractivity contribution is 14.1. The molecule has 12 N–H and O–H groups in total. The van der Waals surface area contributed by atoms with Gasteiger partial charge in [-0.1, -0.05) is 48.5 Å². The summed E-state index contributed by atoms with van der Waals surface area (Å²) in [6.45, 7) is 8.82. The Kier molecular flexibility index (Phi) is 27.3. The van der Waals surface area contributed by atoms with Crippen LogP contribution in [0.15, 0.2) is 118 Å². The van der Waals surface area contributed by atoms with Gasteiger partial charge in [0, 0.05) is 34.7 Å². The van der Waals surface area contributed by atoms with Crippen LogP contribution < -0.4 is 37.6 Å². The predicted octanol–water partition coefficient (Wildman–Crippen LogP) is 14.1. The van der Waals surface area contributed by atoms with Crippen molar-refractivity contribution in [2.45, 2.75) is 202 Å². The summed E-state index contributed by atoms with van der Waals surface area (Å²) in [6.07, 6.45) is 13.9. The first kappa shape index (κ1) is 82.9. The van der Waals surface area contributed by atoms with Crippen LogP contribution in [0.3, 0.4) is 0 Å². The summed E-state index contributed by atoms with van der Waals surface area (Å²) in [5, 5.41) is 65.4. The van der Waals surface area contributed by atoms with Gasteiger partial charge in [0.25, 0.3) is 0 Å². The summed E-state index contributed by atoms with van der Waals surface area (Å²) in [7, 11) is -7.00. The minimum atomic E-state index is -3.56. The first-order chi connectivity index (χ1) is 54.3. The second kappa shape index (κ2) is 37.3. The summed E-state index contributed by atoms with van der Waals surface area (Å²) >= 11 is 10.2. The van der Waals surface area contributed by atoms with Crippen LogP contribution in [-0.4, -0.2) is 165 Å². The number of anilines is 6. The molecule has 9 atom stereocenters. The minimum Gasteiger partial charge on any atom is -0.392 e. The average molecular weight is 1780 g/mol. The van der Waals surface area contributed by atoms with Crippen molar-refractivity contribution in [3.05, 3.63) is 144 Å². The van der Waals surface area contributed by atoms with Gasteiger partial charge in [0.1, 0.15) is 38.3 Å². The first-order valence-electron chi connectivity index (χ1n) is 37.5. The number of nitrogens with two attached hydrogens (primary N) is 1. The van der Waals surface area contributed by atoms with Gasteiger partial charge in [-0.05, 0) is 199 Å². The van der Waals surface area contributed by atoms with E-state index in [0.717, 1.165) is 180 Å². The molecule has 0 amide bonds. The van der Waals surface area contributed by atoms with Crippen LogP contribution in [0.5, 0.6) is 0 Å². The zero-order chi connectivity index (χ0) is 79.7. The largest absolute Gasteiger partial charge is 0.392 e. The molecular weight excluding hydrogens is 1680 g/mol. The van der Waals surface area contributed by atoms with E-state index in [4.69, 9.17) is 40.7 Å². The van der Waals surface area contributed by atoms with Gasteiger partial charge in [-0.2, -0.15) is 15.0 Å². The Morgan fingerprint density at radius 2 is 0.814 bits per heavy atom. The lowest BCUT2D eigenvalue weighted by Gasteiger charge is -2.20. The Hall–Kier alpha value is -8.05. The number of aryl methyl sites for hydroxylation is 4. The topological polar surface area (TPSA) is 406 Å². The lowest BCUT2D eigenvalue weighted by Crippen LogP contribution is -2.29. The van der Waals surface area contributed by atoms with Gasteiger partial charge in [-0.15, -0.1) is 56.7 Å². The molecule has 5 aliphatic rings. The number of carbonyl (C=O) groups excluding carboxylic acids is 1. The molecular formula is C78H91IN18O9S7. The SMILES string of the molecule is Cc1nc(NCc2cccs2)nc(N[C@@H]2CCCC2=O)c1-c1nc2ccccc2s1.Cc1nc(NCc2cccs2)nc(N[C@@H]2CCC[C@H]2O)c1-c1nc2ccccc2s1.Cc1nc(S(C)(=O)=O)nc(N[C@@H]2CCC[C@H]2O)c1-c1nc2ccccc2s1.Cc1nc(S(C)(=O)=O)nc(N[C@@H]2CCC[C@H]2O)c1I.N[C@@H]1CCC[C@H]1O. The van der Waals surface area contributed by atoms with E-state index in [9.17, 15) is 36.9 Å². The fraction of sp³-hybridized carbons (Fsp3) is 0.410. The molecule has 5 saturated carbocycles. The van der Waals surface area contributed by atoms with Gasteiger partial charge in [-0.3, -0.25) is 4.79 Å². The Morgan fingerprint density at radius 1 is 0.434 bits per heavy atom. The normalized spacial score (nSPS) is 20.7. The highest BCUT2D eigenvalue weighted by Gasteiger charge is 2.33. The van der Waals surface area contributed by atoms with Gasteiger partial charge < -0.3 is 58.1 Å². The number of aromatic nitrogens is 11. The molecule has 35 heteroatoms. The number of fused-ring (bicyclic) bond motifs is 3. The Morgan fingerprint density at radius 3 is 1.17 bits per heavy atom. The first-order valence-corrected chi connectivity index (χ1v) is 46.6. The molecule has 5 aliphatic carbocycles. The average Bonchev–Trinajstić information content (AvgIpc) is 1.59. The van der Waals surface area contributed by atoms with Gasteiger partial charge in [-0.25, -0.2) is 56.7 Å². The number of rotatable bonds is 19. The summed E-state index contributed by atoms with van der Waals surface area (Å²) in [6, 6.07) is 31.9. The number of benzene rings is 3. The summed E-state index contributed by atoms with van der Waals surface area (Å²) < 4.78 is 51.2. The zero-order valence-electron chi connectivity index (χ0n) is 63.2. The number of para-hydroxylation sites is 3. The predicted molar refractivity (Wildman–Crippen MR) is 461 cm³/mol. The fourth-order valence-electron chi connectivity index (χ4n) is 13.9. The van der Waals surface area contributed by atoms with E-state index < -0.39 is 31.9 Å². The number of aliphatic hydroxyl groups is 4. The Labute approximate surface area is 689 Å². The third kappa shape index (κ3) is 21.0. The van der Waals surface area contributed by atoms with Crippen molar-refractivity contribution < 1.29 is 42.1 Å². The summed E-state index contributed by atoms with van der Waals surface area (Å²) in [4.78, 5) is 64.6. The number of sulfone groups is 2. The van der Waals surface area contributed by atoms with Crippen LogP contribution in [0.25, 0.3) is 62.4 Å². The second-order valence-corrected chi connectivity index (χ2v) is 38.7. The van der Waals surface area contributed by atoms with Crippen LogP contribution in [0.4, 0.5) is 35.2 Å². The second-order valence-electron chi connectivity index (χ2n) is 28.6. The molecule has 0 aliphatic heterocycles. The lowest BCUT2D eigenvalue weighted by molar-refractivity contribution is -0.118. The van der Waals surface area contributed by atoms with E-state index in [-0.39, 0.29) is 58.5 Å².